The van der Waals surface area contributed by atoms with Gasteiger partial charge in [0, 0.05) is 25.2 Å². The maximum Gasteiger partial charge on any atom is 0.407 e. The lowest BCUT2D eigenvalue weighted by molar-refractivity contribution is 0.152. The molecule has 0 saturated carbocycles. The lowest BCUT2D eigenvalue weighted by Gasteiger charge is -2.05. The second-order valence-electron chi connectivity index (χ2n) is 2.96. The average Bonchev–Trinajstić information content (AvgIpc) is 2.70. The van der Waals surface area contributed by atoms with E-state index in [1.165, 1.54) is 0 Å². The number of halogens is 1. The van der Waals surface area contributed by atoms with E-state index < -0.39 is 0 Å². The molecule has 1 rings (SSSR count). The number of carbonyl (C=O) groups excluding carboxylic acids is 1. The van der Waals surface area contributed by atoms with Gasteiger partial charge >= 0.3 is 6.09 Å². The molecule has 6 heteroatoms. The molecule has 2 N–H and O–H groups in total. The van der Waals surface area contributed by atoms with Crippen LogP contribution in [0.4, 0.5) is 4.79 Å². The van der Waals surface area contributed by atoms with Gasteiger partial charge in [-0.05, 0) is 13.0 Å². The topological polar surface area (TPSA) is 63.5 Å². The Labute approximate surface area is 101 Å². The number of hydrogen-bond acceptors (Lipinski definition) is 4. The standard InChI is InChI=1S/C10H16N2O3.ClH/c1-2-15-10(13)12-5-4-11-7-9-3-6-14-8-9;/h3,6,8,11H,2,4-5,7H2,1H3,(H,12,13);1H. The van der Waals surface area contributed by atoms with Crippen molar-refractivity contribution in [2.75, 3.05) is 19.7 Å². The molecule has 1 aromatic rings. The van der Waals surface area contributed by atoms with E-state index in [1.807, 2.05) is 6.07 Å². The van der Waals surface area contributed by atoms with Gasteiger partial charge in [0.15, 0.2) is 0 Å². The Morgan fingerprint density at radius 3 is 2.94 bits per heavy atom. The zero-order valence-electron chi connectivity index (χ0n) is 9.19. The fourth-order valence-corrected chi connectivity index (χ4v) is 1.06. The van der Waals surface area contributed by atoms with Crippen molar-refractivity contribution < 1.29 is 13.9 Å². The Bertz CT molecular complexity index is 278. The number of furan rings is 1. The van der Waals surface area contributed by atoms with Gasteiger partial charge in [0.2, 0.25) is 0 Å². The maximum absolute atomic E-state index is 10.9. The lowest BCUT2D eigenvalue weighted by Crippen LogP contribution is -2.31. The summed E-state index contributed by atoms with van der Waals surface area (Å²) in [5, 5.41) is 5.77. The van der Waals surface area contributed by atoms with Crippen molar-refractivity contribution in [1.29, 1.82) is 0 Å². The molecule has 0 atom stereocenters. The molecular weight excluding hydrogens is 232 g/mol. The molecular formula is C10H17ClN2O3. The van der Waals surface area contributed by atoms with Crippen molar-refractivity contribution >= 4 is 18.5 Å². The van der Waals surface area contributed by atoms with Crippen LogP contribution in [0.2, 0.25) is 0 Å². The van der Waals surface area contributed by atoms with Crippen molar-refractivity contribution in [3.63, 3.8) is 0 Å². The van der Waals surface area contributed by atoms with Crippen LogP contribution in [-0.2, 0) is 11.3 Å². The summed E-state index contributed by atoms with van der Waals surface area (Å²) in [5.74, 6) is 0. The number of hydrogen-bond donors (Lipinski definition) is 2. The van der Waals surface area contributed by atoms with Gasteiger partial charge in [-0.1, -0.05) is 0 Å². The molecule has 0 aliphatic heterocycles. The summed E-state index contributed by atoms with van der Waals surface area (Å²) in [7, 11) is 0. The zero-order chi connectivity index (χ0) is 10.9. The van der Waals surface area contributed by atoms with Crippen LogP contribution in [0.15, 0.2) is 23.0 Å². The molecule has 0 aromatic carbocycles. The van der Waals surface area contributed by atoms with Crippen LogP contribution in [0.3, 0.4) is 0 Å². The van der Waals surface area contributed by atoms with Gasteiger partial charge in [-0.15, -0.1) is 12.4 Å². The molecule has 0 saturated heterocycles. The van der Waals surface area contributed by atoms with Crippen LogP contribution in [0, 0.1) is 0 Å². The fourth-order valence-electron chi connectivity index (χ4n) is 1.06. The summed E-state index contributed by atoms with van der Waals surface area (Å²) in [6.45, 7) is 4.16. The van der Waals surface area contributed by atoms with Gasteiger partial charge in [0.1, 0.15) is 0 Å². The highest BCUT2D eigenvalue weighted by atomic mass is 35.5. The molecule has 0 aliphatic carbocycles. The predicted molar refractivity (Wildman–Crippen MR) is 62.7 cm³/mol. The summed E-state index contributed by atoms with van der Waals surface area (Å²) in [4.78, 5) is 10.9. The van der Waals surface area contributed by atoms with Crippen LogP contribution in [0.25, 0.3) is 0 Å². The Hall–Kier alpha value is -1.20. The van der Waals surface area contributed by atoms with Gasteiger partial charge in [-0.2, -0.15) is 0 Å². The number of ether oxygens (including phenoxy) is 1. The molecule has 1 amide bonds. The largest absolute Gasteiger partial charge is 0.472 e. The Balaban J connectivity index is 0.00000225. The first-order valence-corrected chi connectivity index (χ1v) is 4.95. The fraction of sp³-hybridized carbons (Fsp3) is 0.500. The number of rotatable bonds is 6. The zero-order valence-corrected chi connectivity index (χ0v) is 10.0. The molecule has 0 radical (unpaired) electrons. The highest BCUT2D eigenvalue weighted by Crippen LogP contribution is 1.97. The summed E-state index contributed by atoms with van der Waals surface area (Å²) < 4.78 is 9.61. The van der Waals surface area contributed by atoms with Crippen molar-refractivity contribution in [2.24, 2.45) is 0 Å². The summed E-state index contributed by atoms with van der Waals surface area (Å²) in [5.41, 5.74) is 1.09. The van der Waals surface area contributed by atoms with E-state index in [2.05, 4.69) is 10.6 Å². The minimum atomic E-state index is -0.373. The van der Waals surface area contributed by atoms with E-state index in [0.717, 1.165) is 12.1 Å². The van der Waals surface area contributed by atoms with Crippen LogP contribution in [0.5, 0.6) is 0 Å². The SMILES string of the molecule is CCOC(=O)NCCNCc1ccoc1.Cl. The lowest BCUT2D eigenvalue weighted by atomic mass is 10.3. The first-order chi connectivity index (χ1) is 7.33. The Kier molecular flexibility index (Phi) is 8.38. The molecule has 92 valence electrons. The maximum atomic E-state index is 10.9. The number of amides is 1. The van der Waals surface area contributed by atoms with Gasteiger partial charge in [-0.25, -0.2) is 4.79 Å². The van der Waals surface area contributed by atoms with Gasteiger partial charge < -0.3 is 19.8 Å². The van der Waals surface area contributed by atoms with Crippen molar-refractivity contribution in [1.82, 2.24) is 10.6 Å². The van der Waals surface area contributed by atoms with E-state index in [9.17, 15) is 4.79 Å². The van der Waals surface area contributed by atoms with E-state index in [0.29, 0.717) is 19.7 Å². The van der Waals surface area contributed by atoms with Gasteiger partial charge in [0.05, 0.1) is 19.1 Å². The summed E-state index contributed by atoms with van der Waals surface area (Å²) >= 11 is 0. The van der Waals surface area contributed by atoms with Gasteiger partial charge in [0.25, 0.3) is 0 Å². The average molecular weight is 249 g/mol. The highest BCUT2D eigenvalue weighted by molar-refractivity contribution is 5.85. The van der Waals surface area contributed by atoms with Crippen molar-refractivity contribution in [3.8, 4) is 0 Å². The normalized spacial score (nSPS) is 9.31. The molecule has 16 heavy (non-hydrogen) atoms. The number of nitrogens with one attached hydrogen (secondary N) is 2. The van der Waals surface area contributed by atoms with Crippen LogP contribution in [-0.4, -0.2) is 25.8 Å². The predicted octanol–water partition coefficient (Wildman–Crippen LogP) is 1.54. The third-order valence-electron chi connectivity index (χ3n) is 1.76. The first-order valence-electron chi connectivity index (χ1n) is 4.95. The third kappa shape index (κ3) is 6.31. The van der Waals surface area contributed by atoms with Crippen molar-refractivity contribution in [2.45, 2.75) is 13.5 Å². The number of carbonyl (C=O) groups is 1. The van der Waals surface area contributed by atoms with E-state index >= 15 is 0 Å². The van der Waals surface area contributed by atoms with Crippen LogP contribution >= 0.6 is 12.4 Å². The quantitative estimate of drug-likeness (QED) is 0.750. The van der Waals surface area contributed by atoms with Crippen LogP contribution < -0.4 is 10.6 Å². The monoisotopic (exact) mass is 248 g/mol. The Morgan fingerprint density at radius 1 is 1.50 bits per heavy atom. The molecule has 1 aromatic heterocycles. The van der Waals surface area contributed by atoms with Gasteiger partial charge in [-0.3, -0.25) is 0 Å². The smallest absolute Gasteiger partial charge is 0.407 e. The second-order valence-corrected chi connectivity index (χ2v) is 2.96. The molecule has 5 nitrogen and oxygen atoms in total. The molecule has 0 unspecified atom stereocenters. The van der Waals surface area contributed by atoms with Crippen molar-refractivity contribution in [3.05, 3.63) is 24.2 Å². The highest BCUT2D eigenvalue weighted by Gasteiger charge is 1.98. The minimum Gasteiger partial charge on any atom is -0.472 e. The molecule has 0 bridgehead atoms. The van der Waals surface area contributed by atoms with Crippen LogP contribution in [0.1, 0.15) is 12.5 Å². The molecule has 1 heterocycles. The minimum absolute atomic E-state index is 0. The molecule has 0 fully saturated rings. The summed E-state index contributed by atoms with van der Waals surface area (Å²) in [6, 6.07) is 1.89. The second kappa shape index (κ2) is 9.06. The summed E-state index contributed by atoms with van der Waals surface area (Å²) in [6.07, 6.45) is 2.95. The van der Waals surface area contributed by atoms with E-state index in [4.69, 9.17) is 9.15 Å². The molecule has 0 aliphatic rings. The molecule has 0 spiro atoms. The number of alkyl carbamates (subject to hydrolysis) is 1. The van der Waals surface area contributed by atoms with E-state index in [-0.39, 0.29) is 18.5 Å². The third-order valence-corrected chi connectivity index (χ3v) is 1.76. The Morgan fingerprint density at radius 2 is 2.31 bits per heavy atom. The van der Waals surface area contributed by atoms with E-state index in [1.54, 1.807) is 19.5 Å². The first kappa shape index (κ1) is 14.8.